The molecule has 2 heterocycles. The molecule has 0 amide bonds. The third kappa shape index (κ3) is 3.09. The van der Waals surface area contributed by atoms with Gasteiger partial charge >= 0.3 is 0 Å². The Morgan fingerprint density at radius 2 is 2.21 bits per heavy atom. The van der Waals surface area contributed by atoms with E-state index in [0.717, 1.165) is 41.8 Å². The average molecular weight is 283 g/mol. The number of aliphatic hydroxyl groups is 1. The Hall–Kier alpha value is -0.650. The van der Waals surface area contributed by atoms with Crippen LogP contribution in [0.2, 0.25) is 0 Å². The van der Waals surface area contributed by atoms with E-state index < -0.39 is 0 Å². The molecular weight excluding hydrogens is 258 g/mol. The molecule has 1 saturated heterocycles. The lowest BCUT2D eigenvalue weighted by Crippen LogP contribution is -2.50. The maximum Gasteiger partial charge on any atom is 0.185 e. The smallest absolute Gasteiger partial charge is 0.185 e. The van der Waals surface area contributed by atoms with Crippen molar-refractivity contribution in [2.75, 3.05) is 31.6 Å². The predicted molar refractivity (Wildman–Crippen MR) is 81.0 cm³/mol. The van der Waals surface area contributed by atoms with Crippen molar-refractivity contribution in [3.8, 4) is 0 Å². The minimum absolute atomic E-state index is 0.112. The van der Waals surface area contributed by atoms with Crippen LogP contribution in [0.1, 0.15) is 43.7 Å². The van der Waals surface area contributed by atoms with Crippen molar-refractivity contribution in [1.29, 1.82) is 0 Å². The van der Waals surface area contributed by atoms with Crippen LogP contribution in [0.25, 0.3) is 0 Å². The van der Waals surface area contributed by atoms with Gasteiger partial charge in [-0.2, -0.15) is 0 Å². The van der Waals surface area contributed by atoms with Crippen LogP contribution in [-0.4, -0.2) is 47.7 Å². The van der Waals surface area contributed by atoms with Gasteiger partial charge in [0.2, 0.25) is 0 Å². The first kappa shape index (κ1) is 14.8. The van der Waals surface area contributed by atoms with Crippen LogP contribution in [0, 0.1) is 0 Å². The van der Waals surface area contributed by atoms with Gasteiger partial charge in [0.25, 0.3) is 0 Å². The number of aromatic nitrogens is 1. The second-order valence-electron chi connectivity index (χ2n) is 5.55. The van der Waals surface area contributed by atoms with Gasteiger partial charge in [0.1, 0.15) is 0 Å². The fourth-order valence-electron chi connectivity index (χ4n) is 2.40. The highest BCUT2D eigenvalue weighted by molar-refractivity contribution is 7.15. The number of hydrogen-bond acceptors (Lipinski definition) is 5. The summed E-state index contributed by atoms with van der Waals surface area (Å²) in [5.74, 6) is 0.428. The number of likely N-dealkylation sites (N-methyl/N-ethyl adjacent to an activating group) is 1. The van der Waals surface area contributed by atoms with Crippen LogP contribution in [0.15, 0.2) is 0 Å². The zero-order chi connectivity index (χ0) is 14.0. The fourth-order valence-corrected chi connectivity index (χ4v) is 3.48. The van der Waals surface area contributed by atoms with E-state index >= 15 is 0 Å². The monoisotopic (exact) mass is 283 g/mol. The lowest BCUT2D eigenvalue weighted by molar-refractivity contribution is 0.234. The Bertz CT molecular complexity index is 421. The molecule has 0 spiro atoms. The van der Waals surface area contributed by atoms with Crippen LogP contribution in [0.4, 0.5) is 5.13 Å². The first-order valence-corrected chi connectivity index (χ1v) is 7.94. The van der Waals surface area contributed by atoms with Crippen LogP contribution in [0.5, 0.6) is 0 Å². The molecule has 0 aromatic carbocycles. The summed E-state index contributed by atoms with van der Waals surface area (Å²) in [6.07, 6.45) is 1.06. The molecule has 2 rings (SSSR count). The minimum Gasteiger partial charge on any atom is -0.391 e. The summed E-state index contributed by atoms with van der Waals surface area (Å²) < 4.78 is 0. The molecule has 5 heteroatoms. The van der Waals surface area contributed by atoms with Gasteiger partial charge in [0.05, 0.1) is 17.2 Å². The van der Waals surface area contributed by atoms with E-state index in [-0.39, 0.29) is 6.61 Å². The van der Waals surface area contributed by atoms with Crippen LogP contribution >= 0.6 is 11.3 Å². The Morgan fingerprint density at radius 3 is 2.79 bits per heavy atom. The van der Waals surface area contributed by atoms with Gasteiger partial charge in [-0.15, -0.1) is 0 Å². The Labute approximate surface area is 120 Å². The normalized spacial score (nSPS) is 22.8. The molecule has 1 N–H and O–H groups in total. The molecule has 4 nitrogen and oxygen atoms in total. The average Bonchev–Trinajstić information content (AvgIpc) is 2.85. The zero-order valence-electron chi connectivity index (χ0n) is 12.4. The Balaban J connectivity index is 2.19. The summed E-state index contributed by atoms with van der Waals surface area (Å²) in [4.78, 5) is 10.6. The highest BCUT2D eigenvalue weighted by Gasteiger charge is 2.24. The maximum absolute atomic E-state index is 9.51. The largest absolute Gasteiger partial charge is 0.391 e. The molecule has 108 valence electrons. The van der Waals surface area contributed by atoms with Gasteiger partial charge in [-0.05, 0) is 26.3 Å². The summed E-state index contributed by atoms with van der Waals surface area (Å²) in [5.41, 5.74) is 1.09. The molecule has 0 bridgehead atoms. The van der Waals surface area contributed by atoms with Gasteiger partial charge in [-0.25, -0.2) is 4.98 Å². The van der Waals surface area contributed by atoms with E-state index in [1.165, 1.54) is 0 Å². The van der Waals surface area contributed by atoms with Gasteiger partial charge in [-0.3, -0.25) is 0 Å². The molecule has 0 saturated carbocycles. The summed E-state index contributed by atoms with van der Waals surface area (Å²) in [6.45, 7) is 9.85. The summed E-state index contributed by atoms with van der Waals surface area (Å²) in [6, 6.07) is 0.558. The van der Waals surface area contributed by atoms with Crippen molar-refractivity contribution in [3.05, 3.63) is 10.6 Å². The number of aliphatic hydroxyl groups excluding tert-OH is 1. The number of rotatable bonds is 4. The molecule has 19 heavy (non-hydrogen) atoms. The number of thiazole rings is 1. The third-order valence-electron chi connectivity index (χ3n) is 4.17. The minimum atomic E-state index is 0.112. The van der Waals surface area contributed by atoms with Gasteiger partial charge < -0.3 is 14.9 Å². The second kappa shape index (κ2) is 6.20. The van der Waals surface area contributed by atoms with Gasteiger partial charge in [0, 0.05) is 25.7 Å². The molecular formula is C14H25N3OS. The standard InChI is InChI=1S/C14H25N3OS/c1-5-10(2)13-12(9-18)19-14(15-13)17-7-6-16(4)11(3)8-17/h10-11,18H,5-9H2,1-4H3. The quantitative estimate of drug-likeness (QED) is 0.920. The first-order valence-electron chi connectivity index (χ1n) is 7.12. The van der Waals surface area contributed by atoms with Crippen molar-refractivity contribution in [2.45, 2.75) is 45.8 Å². The second-order valence-corrected chi connectivity index (χ2v) is 6.61. The van der Waals surface area contributed by atoms with E-state index in [9.17, 15) is 5.11 Å². The maximum atomic E-state index is 9.51. The SMILES string of the molecule is CCC(C)c1nc(N2CCN(C)C(C)C2)sc1CO. The van der Waals surface area contributed by atoms with Crippen molar-refractivity contribution < 1.29 is 5.11 Å². The summed E-state index contributed by atoms with van der Waals surface area (Å²) in [7, 11) is 2.17. The van der Waals surface area contributed by atoms with Crippen LogP contribution < -0.4 is 4.90 Å². The lowest BCUT2D eigenvalue weighted by Gasteiger charge is -2.37. The summed E-state index contributed by atoms with van der Waals surface area (Å²) in [5, 5.41) is 10.6. The molecule has 2 atom stereocenters. The molecule has 0 aliphatic carbocycles. The fraction of sp³-hybridized carbons (Fsp3) is 0.786. The van der Waals surface area contributed by atoms with Crippen molar-refractivity contribution >= 4 is 16.5 Å². The molecule has 1 fully saturated rings. The molecule has 0 radical (unpaired) electrons. The number of nitrogens with zero attached hydrogens (tertiary/aromatic N) is 3. The molecule has 2 unspecified atom stereocenters. The topological polar surface area (TPSA) is 39.6 Å². The number of hydrogen-bond donors (Lipinski definition) is 1. The third-order valence-corrected chi connectivity index (χ3v) is 5.29. The van der Waals surface area contributed by atoms with Gasteiger partial charge in [-0.1, -0.05) is 25.2 Å². The van der Waals surface area contributed by atoms with Gasteiger partial charge in [0.15, 0.2) is 5.13 Å². The Kier molecular flexibility index (Phi) is 4.81. The van der Waals surface area contributed by atoms with E-state index in [2.05, 4.69) is 37.6 Å². The van der Waals surface area contributed by atoms with E-state index in [4.69, 9.17) is 4.98 Å². The van der Waals surface area contributed by atoms with E-state index in [0.29, 0.717) is 12.0 Å². The number of piperazine rings is 1. The molecule has 1 aromatic heterocycles. The van der Waals surface area contributed by atoms with Crippen LogP contribution in [0.3, 0.4) is 0 Å². The number of anilines is 1. The van der Waals surface area contributed by atoms with E-state index in [1.807, 2.05) is 0 Å². The lowest BCUT2D eigenvalue weighted by atomic mass is 10.0. The predicted octanol–water partition coefficient (Wildman–Crippen LogP) is 2.29. The summed E-state index contributed by atoms with van der Waals surface area (Å²) >= 11 is 1.66. The molecule has 1 aliphatic rings. The van der Waals surface area contributed by atoms with Crippen LogP contribution in [-0.2, 0) is 6.61 Å². The highest BCUT2D eigenvalue weighted by Crippen LogP contribution is 2.33. The molecule has 1 aliphatic heterocycles. The first-order chi connectivity index (χ1) is 9.06. The Morgan fingerprint density at radius 1 is 1.47 bits per heavy atom. The van der Waals surface area contributed by atoms with Crippen molar-refractivity contribution in [3.63, 3.8) is 0 Å². The van der Waals surface area contributed by atoms with Crippen molar-refractivity contribution in [2.24, 2.45) is 0 Å². The highest BCUT2D eigenvalue weighted by atomic mass is 32.1. The van der Waals surface area contributed by atoms with Crippen molar-refractivity contribution in [1.82, 2.24) is 9.88 Å². The molecule has 1 aromatic rings. The zero-order valence-corrected chi connectivity index (χ0v) is 13.2. The van der Waals surface area contributed by atoms with E-state index in [1.54, 1.807) is 11.3 Å².